The Morgan fingerprint density at radius 1 is 0.327 bits per heavy atom. The second-order valence-corrected chi connectivity index (χ2v) is 40.0. The Morgan fingerprint density at radius 3 is 0.993 bits per heavy atom. The molecular formula is C114H120N32O. The van der Waals surface area contributed by atoms with Crippen LogP contribution < -0.4 is 30.2 Å². The molecule has 10 N–H and O–H groups in total. The molecule has 12 aromatic heterocycles. The van der Waals surface area contributed by atoms with Crippen LogP contribution in [0, 0.1) is 0 Å². The lowest BCUT2D eigenvalue weighted by Crippen LogP contribution is -2.44. The SMILES string of the molecule is CC(C)Nc1cncc(-c2ccc3[nH]nc(-c4nc5c(N6CCN(C)CC6)cccc5[nH]4)c3c2)c1.CN(C)Cc1cncc(-c2ccc3[nH]nc(-c4nc5c(N6CCN(C)CC6)cccc5[nH]4)c3c2)c1.CN1CCN(c2cccc3[nH]c(-c4n[nH]c5ccc(-c6cncc(CN7CCCC7)c6)cc45)nc23)CC1.CN1CCN(c2cccc3[nH]c(-c4n[nH]c5ccc(-c6cncc(NC(=O)c7ccccc7)c6)cc45)nc23)CC1. The van der Waals surface area contributed by atoms with Gasteiger partial charge in [-0.15, -0.1) is 0 Å². The van der Waals surface area contributed by atoms with E-state index < -0.39 is 0 Å². The Labute approximate surface area is 850 Å². The van der Waals surface area contributed by atoms with Crippen molar-refractivity contribution in [3.05, 3.63) is 266 Å². The van der Waals surface area contributed by atoms with Crippen molar-refractivity contribution in [1.29, 1.82) is 0 Å². The number of para-hydroxylation sites is 4. The number of imidazole rings is 4. The smallest absolute Gasteiger partial charge is 0.255 e. The molecule has 21 aromatic rings. The molecule has 9 aromatic carbocycles. The van der Waals surface area contributed by atoms with Crippen LogP contribution in [0.3, 0.4) is 0 Å². The van der Waals surface area contributed by atoms with Crippen LogP contribution in [0.25, 0.3) is 178 Å². The Balaban J connectivity index is 0.000000108. The third-order valence-corrected chi connectivity index (χ3v) is 28.7. The van der Waals surface area contributed by atoms with E-state index in [9.17, 15) is 4.79 Å². The average molecular weight is 1950 g/mol. The molecule has 5 saturated heterocycles. The molecule has 0 unspecified atom stereocenters. The summed E-state index contributed by atoms with van der Waals surface area (Å²) >= 11 is 0. The van der Waals surface area contributed by atoms with Gasteiger partial charge in [0.25, 0.3) is 5.91 Å². The summed E-state index contributed by atoms with van der Waals surface area (Å²) in [6.07, 6.45) is 17.6. The standard InChI is InChI=1S/C31H28N8O.C29H32N8.2C27H30N8/c1-38-12-14-39(15-13-38)27-9-5-8-26-29(27)35-30(34-26)28-24-17-21(10-11-25(24)36-37-28)22-16-23(19-32-18-22)33-31(40)20-6-3-2-4-7-20;1-35-11-13-37(14-12-35)26-6-4-5-25-28(26)32-29(31-25)27-23-16-21(7-8-24(23)33-34-27)22-15-20(17-30-18-22)19-36-9-2-3-10-36;1-33(2)17-18-13-20(16-28-15-18)19-7-8-22-21(14-19)25(32-31-22)27-29-23-5-4-6-24(26(23)30-27)35-11-9-34(3)10-12-35;1-17(2)29-20-13-19(15-28-16-20)18-7-8-22-21(14-18)25(33-32-22)27-30-23-5-4-6-24(26(23)31-27)35-11-9-34(3)10-12-35/h2-11,16-19H,12-15H2,1H3,(H,33,40)(H,34,35)(H,36,37);4-8,15-18H,2-3,9-14,19H2,1H3,(H,31,32)(H,33,34);4-8,13-16H,9-12,17H2,1-3H3,(H,29,30)(H,31,32);4-8,13-17,29H,9-12H2,1-3H3,(H,30,31)(H,32,33). The fraction of sp³-hybridized carbons (Fsp3) is 0.272. The average Bonchev–Trinajstić information content (AvgIpc) is 1.63. The number of nitrogens with zero attached hydrogens (tertiary/aromatic N) is 22. The quantitative estimate of drug-likeness (QED) is 0.0339. The van der Waals surface area contributed by atoms with E-state index >= 15 is 0 Å². The van der Waals surface area contributed by atoms with Gasteiger partial charge in [-0.2, -0.15) is 20.4 Å². The summed E-state index contributed by atoms with van der Waals surface area (Å²) < 4.78 is 0. The van der Waals surface area contributed by atoms with Crippen molar-refractivity contribution >= 4 is 128 Å². The third-order valence-electron chi connectivity index (χ3n) is 28.7. The van der Waals surface area contributed by atoms with Crippen molar-refractivity contribution in [2.24, 2.45) is 0 Å². The van der Waals surface area contributed by atoms with Gasteiger partial charge >= 0.3 is 0 Å². The highest BCUT2D eigenvalue weighted by atomic mass is 16.1. The molecule has 33 heteroatoms. The monoisotopic (exact) mass is 1950 g/mol. The van der Waals surface area contributed by atoms with Crippen LogP contribution in [0.1, 0.15) is 48.2 Å². The second kappa shape index (κ2) is 41.4. The molecule has 5 fully saturated rings. The number of likely N-dealkylation sites (N-methyl/N-ethyl adjacent to an activating group) is 4. The lowest BCUT2D eigenvalue weighted by Gasteiger charge is -2.34. The minimum atomic E-state index is -0.173. The predicted octanol–water partition coefficient (Wildman–Crippen LogP) is 18.4. The number of pyridine rings is 4. The molecule has 0 aliphatic carbocycles. The molecule has 5 aliphatic rings. The highest BCUT2D eigenvalue weighted by Crippen LogP contribution is 2.41. The number of anilines is 6. The molecular weight excluding hydrogens is 1830 g/mol. The minimum absolute atomic E-state index is 0.173. The molecule has 1 amide bonds. The summed E-state index contributed by atoms with van der Waals surface area (Å²) in [5.41, 5.74) is 33.1. The van der Waals surface area contributed by atoms with Crippen molar-refractivity contribution in [3.63, 3.8) is 0 Å². The van der Waals surface area contributed by atoms with Gasteiger partial charge in [0, 0.05) is 217 Å². The first-order valence-corrected chi connectivity index (χ1v) is 50.9. The number of hydrogen-bond acceptors (Lipinski definition) is 24. The van der Waals surface area contributed by atoms with Gasteiger partial charge in [-0.05, 0) is 249 Å². The predicted molar refractivity (Wildman–Crippen MR) is 592 cm³/mol. The normalized spacial score (nSPS) is 15.4. The number of carbonyl (C=O) groups excluding carboxylic acids is 1. The molecule has 0 radical (unpaired) electrons. The number of H-pyrrole nitrogens is 8. The molecule has 0 bridgehead atoms. The van der Waals surface area contributed by atoms with Crippen LogP contribution in [0.5, 0.6) is 0 Å². The maximum absolute atomic E-state index is 12.6. The number of fused-ring (bicyclic) bond motifs is 8. The molecule has 0 saturated carbocycles. The maximum atomic E-state index is 12.6. The van der Waals surface area contributed by atoms with Crippen LogP contribution in [0.15, 0.2) is 250 Å². The zero-order chi connectivity index (χ0) is 99.7. The summed E-state index contributed by atoms with van der Waals surface area (Å²) in [4.78, 5) is 88.5. The summed E-state index contributed by atoms with van der Waals surface area (Å²) in [5.74, 6) is 2.90. The molecule has 742 valence electrons. The summed E-state index contributed by atoms with van der Waals surface area (Å²) in [6, 6.07) is 68.7. The highest BCUT2D eigenvalue weighted by molar-refractivity contribution is 6.06. The van der Waals surface area contributed by atoms with Crippen LogP contribution in [-0.2, 0) is 13.1 Å². The van der Waals surface area contributed by atoms with Crippen LogP contribution >= 0.6 is 0 Å². The number of piperazine rings is 4. The molecule has 5 aliphatic heterocycles. The van der Waals surface area contributed by atoms with Crippen LogP contribution in [0.4, 0.5) is 34.1 Å². The maximum Gasteiger partial charge on any atom is 0.255 e. The van der Waals surface area contributed by atoms with E-state index in [0.717, 1.165) is 308 Å². The van der Waals surface area contributed by atoms with Crippen molar-refractivity contribution in [1.82, 2.24) is 130 Å². The van der Waals surface area contributed by atoms with E-state index in [4.69, 9.17) is 19.9 Å². The first-order valence-electron chi connectivity index (χ1n) is 50.9. The van der Waals surface area contributed by atoms with Gasteiger partial charge in [-0.3, -0.25) is 50.0 Å². The molecule has 147 heavy (non-hydrogen) atoms. The fourth-order valence-corrected chi connectivity index (χ4v) is 20.7. The Bertz CT molecular complexity index is 8060. The Hall–Kier alpha value is -16.4. The number of aromatic nitrogens is 20. The zero-order valence-corrected chi connectivity index (χ0v) is 84.1. The lowest BCUT2D eigenvalue weighted by molar-refractivity contribution is 0.102. The van der Waals surface area contributed by atoms with Gasteiger partial charge in [0.15, 0.2) is 23.3 Å². The van der Waals surface area contributed by atoms with E-state index in [-0.39, 0.29) is 5.91 Å². The van der Waals surface area contributed by atoms with Gasteiger partial charge < -0.3 is 74.7 Å². The van der Waals surface area contributed by atoms with Crippen molar-refractivity contribution in [3.8, 4) is 90.6 Å². The van der Waals surface area contributed by atoms with Gasteiger partial charge in [0.1, 0.15) is 44.8 Å². The van der Waals surface area contributed by atoms with Gasteiger partial charge in [-0.1, -0.05) is 66.7 Å². The highest BCUT2D eigenvalue weighted by Gasteiger charge is 2.29. The Kier molecular flexibility index (Phi) is 26.5. The minimum Gasteiger partial charge on any atom is -0.382 e. The van der Waals surface area contributed by atoms with Gasteiger partial charge in [-0.25, -0.2) is 19.9 Å². The number of hydrogen-bond donors (Lipinski definition) is 10. The second-order valence-electron chi connectivity index (χ2n) is 40.0. The zero-order valence-electron chi connectivity index (χ0n) is 84.1. The van der Waals surface area contributed by atoms with Crippen molar-refractivity contribution in [2.45, 2.75) is 45.8 Å². The molecule has 0 spiro atoms. The van der Waals surface area contributed by atoms with E-state index in [2.05, 4.69) is 348 Å². The Morgan fingerprint density at radius 2 is 0.646 bits per heavy atom. The van der Waals surface area contributed by atoms with Gasteiger partial charge in [0.05, 0.1) is 84.5 Å². The molecule has 17 heterocycles. The lowest BCUT2D eigenvalue weighted by atomic mass is 10.0. The third kappa shape index (κ3) is 20.3. The topological polar surface area (TPSA) is 355 Å². The molecule has 33 nitrogen and oxygen atoms in total. The van der Waals surface area contributed by atoms with Gasteiger partial charge in [0.2, 0.25) is 0 Å². The molecule has 26 rings (SSSR count). The fourth-order valence-electron chi connectivity index (χ4n) is 20.7. The number of rotatable bonds is 20. The van der Waals surface area contributed by atoms with E-state index in [0.29, 0.717) is 17.3 Å². The van der Waals surface area contributed by atoms with Crippen molar-refractivity contribution in [2.75, 3.05) is 190 Å². The first-order chi connectivity index (χ1) is 71.9. The van der Waals surface area contributed by atoms with E-state index in [1.54, 1.807) is 24.5 Å². The largest absolute Gasteiger partial charge is 0.382 e. The number of benzene rings is 9. The van der Waals surface area contributed by atoms with Crippen LogP contribution in [0.2, 0.25) is 0 Å². The van der Waals surface area contributed by atoms with E-state index in [1.165, 1.54) is 54.1 Å². The summed E-state index contributed by atoms with van der Waals surface area (Å²) in [7, 11) is 12.8. The number of aromatic amines is 8. The van der Waals surface area contributed by atoms with Crippen LogP contribution in [-0.4, -0.2) is 302 Å². The molecule has 0 atom stereocenters. The number of nitrogens with one attached hydrogen (secondary N) is 10. The number of carbonyl (C=O) groups is 1. The van der Waals surface area contributed by atoms with Crippen molar-refractivity contribution < 1.29 is 4.79 Å². The number of likely N-dealkylation sites (tertiary alicyclic amines) is 1. The summed E-state index contributed by atoms with van der Waals surface area (Å²) in [5, 5.41) is 41.8. The first kappa shape index (κ1) is 94.2. The van der Waals surface area contributed by atoms with E-state index in [1.807, 2.05) is 73.6 Å². The number of amides is 1. The summed E-state index contributed by atoms with van der Waals surface area (Å²) in [6.45, 7) is 24.9.